The number of halogens is 1. The van der Waals surface area contributed by atoms with Crippen LogP contribution in [0.25, 0.3) is 0 Å². The highest BCUT2D eigenvalue weighted by Gasteiger charge is 2.29. The monoisotopic (exact) mass is 386 g/mol. The molecule has 2 aromatic rings. The number of hydrogen-bond donors (Lipinski definition) is 2. The molecule has 3 rings (SSSR count). The van der Waals surface area contributed by atoms with Gasteiger partial charge in [0.1, 0.15) is 11.8 Å². The van der Waals surface area contributed by atoms with Crippen LogP contribution in [-0.4, -0.2) is 24.5 Å². The highest BCUT2D eigenvalue weighted by molar-refractivity contribution is 6.33. The van der Waals surface area contributed by atoms with Gasteiger partial charge < -0.3 is 15.4 Å². The lowest BCUT2D eigenvalue weighted by Crippen LogP contribution is -2.50. The maximum Gasteiger partial charge on any atom is 0.253 e. The van der Waals surface area contributed by atoms with E-state index in [4.69, 9.17) is 16.3 Å². The Kier molecular flexibility index (Phi) is 6.01. The molecule has 0 unspecified atom stereocenters. The molecule has 2 amide bonds. The van der Waals surface area contributed by atoms with Crippen molar-refractivity contribution in [2.45, 2.75) is 32.4 Å². The Morgan fingerprint density at radius 2 is 1.81 bits per heavy atom. The van der Waals surface area contributed by atoms with Gasteiger partial charge in [-0.3, -0.25) is 9.59 Å². The number of para-hydroxylation sites is 1. The van der Waals surface area contributed by atoms with Crippen molar-refractivity contribution in [3.63, 3.8) is 0 Å². The van der Waals surface area contributed by atoms with Crippen LogP contribution < -0.4 is 15.4 Å². The van der Waals surface area contributed by atoms with Crippen molar-refractivity contribution in [2.75, 3.05) is 6.61 Å². The molecule has 1 aliphatic rings. The van der Waals surface area contributed by atoms with E-state index in [0.29, 0.717) is 23.6 Å². The molecule has 1 aliphatic heterocycles. The van der Waals surface area contributed by atoms with Crippen molar-refractivity contribution in [3.05, 3.63) is 64.7 Å². The minimum absolute atomic E-state index is 0.0773. The third kappa shape index (κ3) is 4.42. The number of nitrogens with one attached hydrogen (secondary N) is 2. The van der Waals surface area contributed by atoms with Gasteiger partial charge in [-0.15, -0.1) is 0 Å². The second kappa shape index (κ2) is 8.44. The van der Waals surface area contributed by atoms with Crippen LogP contribution in [0.5, 0.6) is 5.75 Å². The molecule has 0 aromatic heterocycles. The van der Waals surface area contributed by atoms with Gasteiger partial charge >= 0.3 is 0 Å². The summed E-state index contributed by atoms with van der Waals surface area (Å²) in [4.78, 5) is 25.5. The predicted octanol–water partition coefficient (Wildman–Crippen LogP) is 3.73. The lowest BCUT2D eigenvalue weighted by Gasteiger charge is -2.29. The number of hydrogen-bond acceptors (Lipinski definition) is 3. The zero-order valence-electron chi connectivity index (χ0n) is 15.4. The lowest BCUT2D eigenvalue weighted by atomic mass is 9.98. The average Bonchev–Trinajstić information content (AvgIpc) is 2.66. The molecule has 2 aromatic carbocycles. The lowest BCUT2D eigenvalue weighted by molar-refractivity contribution is -0.124. The van der Waals surface area contributed by atoms with Crippen LogP contribution in [-0.2, 0) is 4.79 Å². The second-order valence-electron chi connectivity index (χ2n) is 6.91. The highest BCUT2D eigenvalue weighted by Crippen LogP contribution is 2.31. The van der Waals surface area contributed by atoms with Gasteiger partial charge in [-0.1, -0.05) is 55.8 Å². The Morgan fingerprint density at radius 3 is 2.56 bits per heavy atom. The second-order valence-corrected chi connectivity index (χ2v) is 7.32. The van der Waals surface area contributed by atoms with Gasteiger partial charge in [0.15, 0.2) is 0 Å². The molecule has 0 bridgehead atoms. The number of carbonyl (C=O) groups is 2. The number of benzene rings is 2. The summed E-state index contributed by atoms with van der Waals surface area (Å²) in [5.41, 5.74) is 1.31. The zero-order valence-corrected chi connectivity index (χ0v) is 16.1. The van der Waals surface area contributed by atoms with Gasteiger partial charge in [0.25, 0.3) is 5.91 Å². The molecule has 5 nitrogen and oxygen atoms in total. The molecule has 0 saturated heterocycles. The molecule has 27 heavy (non-hydrogen) atoms. The van der Waals surface area contributed by atoms with E-state index in [1.54, 1.807) is 24.3 Å². The fourth-order valence-corrected chi connectivity index (χ4v) is 3.37. The van der Waals surface area contributed by atoms with E-state index in [-0.39, 0.29) is 23.8 Å². The number of rotatable bonds is 5. The Balaban J connectivity index is 1.73. The van der Waals surface area contributed by atoms with Crippen LogP contribution in [0.15, 0.2) is 48.5 Å². The van der Waals surface area contributed by atoms with E-state index in [2.05, 4.69) is 10.6 Å². The summed E-state index contributed by atoms with van der Waals surface area (Å²) in [5.74, 6) is 0.135. The fraction of sp³-hybridized carbons (Fsp3) is 0.333. The maximum absolute atomic E-state index is 12.9. The van der Waals surface area contributed by atoms with Crippen LogP contribution in [0.3, 0.4) is 0 Å². The smallest absolute Gasteiger partial charge is 0.253 e. The Labute approximate surface area is 164 Å². The third-order valence-electron chi connectivity index (χ3n) is 4.63. The SMILES string of the molecule is CC(C)[C@H](NC(=O)c1ccccc1Cl)C(=O)N[C@H]1CCOc2ccccc21. The van der Waals surface area contributed by atoms with Crippen molar-refractivity contribution in [2.24, 2.45) is 5.92 Å². The molecule has 0 radical (unpaired) electrons. The average molecular weight is 387 g/mol. The topological polar surface area (TPSA) is 67.4 Å². The van der Waals surface area contributed by atoms with Crippen molar-refractivity contribution in [1.82, 2.24) is 10.6 Å². The number of amides is 2. The Morgan fingerprint density at radius 1 is 1.11 bits per heavy atom. The summed E-state index contributed by atoms with van der Waals surface area (Å²) in [5, 5.41) is 6.24. The van der Waals surface area contributed by atoms with E-state index >= 15 is 0 Å². The molecule has 1 heterocycles. The summed E-state index contributed by atoms with van der Waals surface area (Å²) in [6.07, 6.45) is 0.687. The molecule has 0 saturated carbocycles. The van der Waals surface area contributed by atoms with Gasteiger partial charge in [-0.25, -0.2) is 0 Å². The summed E-state index contributed by atoms with van der Waals surface area (Å²) < 4.78 is 5.64. The number of fused-ring (bicyclic) bond motifs is 1. The summed E-state index contributed by atoms with van der Waals surface area (Å²) in [6.45, 7) is 4.34. The highest BCUT2D eigenvalue weighted by atomic mass is 35.5. The van der Waals surface area contributed by atoms with Gasteiger partial charge in [-0.2, -0.15) is 0 Å². The number of ether oxygens (including phenoxy) is 1. The minimum atomic E-state index is -0.663. The molecule has 142 valence electrons. The number of carbonyl (C=O) groups excluding carboxylic acids is 2. The van der Waals surface area contributed by atoms with E-state index in [0.717, 1.165) is 11.3 Å². The molecule has 2 N–H and O–H groups in total. The van der Waals surface area contributed by atoms with Crippen LogP contribution in [0.4, 0.5) is 0 Å². The van der Waals surface area contributed by atoms with Crippen molar-refractivity contribution in [3.8, 4) is 5.75 Å². The summed E-state index contributed by atoms with van der Waals surface area (Å²) in [7, 11) is 0. The largest absolute Gasteiger partial charge is 0.493 e. The van der Waals surface area contributed by atoms with Crippen LogP contribution in [0.1, 0.15) is 42.2 Å². The fourth-order valence-electron chi connectivity index (χ4n) is 3.15. The first-order valence-electron chi connectivity index (χ1n) is 9.05. The first-order valence-corrected chi connectivity index (χ1v) is 9.42. The molecular formula is C21H23ClN2O3. The van der Waals surface area contributed by atoms with Gasteiger partial charge in [-0.05, 0) is 24.1 Å². The maximum atomic E-state index is 12.9. The summed E-state index contributed by atoms with van der Waals surface area (Å²) in [6, 6.07) is 13.7. The molecule has 2 atom stereocenters. The van der Waals surface area contributed by atoms with E-state index < -0.39 is 6.04 Å². The van der Waals surface area contributed by atoms with Crippen molar-refractivity contribution < 1.29 is 14.3 Å². The van der Waals surface area contributed by atoms with E-state index in [9.17, 15) is 9.59 Å². The first kappa shape index (κ1) is 19.2. The van der Waals surface area contributed by atoms with E-state index in [1.807, 2.05) is 38.1 Å². The zero-order chi connectivity index (χ0) is 19.4. The predicted molar refractivity (Wildman–Crippen MR) is 105 cm³/mol. The standard InChI is InChI=1S/C21H23ClN2O3/c1-13(2)19(24-20(25)14-7-3-5-9-16(14)22)21(26)23-17-11-12-27-18-10-6-4-8-15(17)18/h3-10,13,17,19H,11-12H2,1-2H3,(H,23,26)(H,24,25)/t17-,19-/m0/s1. The molecule has 0 aliphatic carbocycles. The Hall–Kier alpha value is -2.53. The van der Waals surface area contributed by atoms with E-state index in [1.165, 1.54) is 0 Å². The van der Waals surface area contributed by atoms with Crippen molar-refractivity contribution in [1.29, 1.82) is 0 Å². The molecule has 0 fully saturated rings. The Bertz CT molecular complexity index is 838. The van der Waals surface area contributed by atoms with Gasteiger partial charge in [0.2, 0.25) is 5.91 Å². The van der Waals surface area contributed by atoms with Crippen LogP contribution >= 0.6 is 11.6 Å². The van der Waals surface area contributed by atoms with Gasteiger partial charge in [0.05, 0.1) is 23.2 Å². The van der Waals surface area contributed by atoms with Crippen LogP contribution in [0.2, 0.25) is 5.02 Å². The molecule has 6 heteroatoms. The molecular weight excluding hydrogens is 364 g/mol. The normalized spacial score (nSPS) is 16.8. The molecule has 0 spiro atoms. The quantitative estimate of drug-likeness (QED) is 0.822. The first-order chi connectivity index (χ1) is 13.0. The van der Waals surface area contributed by atoms with Crippen LogP contribution in [0, 0.1) is 5.92 Å². The van der Waals surface area contributed by atoms with Crippen molar-refractivity contribution >= 4 is 23.4 Å². The summed E-state index contributed by atoms with van der Waals surface area (Å²) >= 11 is 6.10. The van der Waals surface area contributed by atoms with Gasteiger partial charge in [0, 0.05) is 12.0 Å². The third-order valence-corrected chi connectivity index (χ3v) is 4.96. The minimum Gasteiger partial charge on any atom is -0.493 e.